The molecule has 140 valence electrons. The van der Waals surface area contributed by atoms with Crippen LogP contribution in [0.1, 0.15) is 33.5 Å². The highest BCUT2D eigenvalue weighted by atomic mass is 16.1. The SMILES string of the molecule is C#Cc1cc(C(=O)Nc2ccc(N3CCC(N(C)C)C3)cc2C)ccc1C. The molecule has 27 heavy (non-hydrogen) atoms. The summed E-state index contributed by atoms with van der Waals surface area (Å²) in [6.07, 6.45) is 6.69. The lowest BCUT2D eigenvalue weighted by molar-refractivity contribution is 0.102. The molecule has 0 saturated carbocycles. The molecule has 0 spiro atoms. The van der Waals surface area contributed by atoms with E-state index >= 15 is 0 Å². The van der Waals surface area contributed by atoms with Gasteiger partial charge in [-0.25, -0.2) is 0 Å². The summed E-state index contributed by atoms with van der Waals surface area (Å²) < 4.78 is 0. The van der Waals surface area contributed by atoms with Crippen molar-refractivity contribution in [3.8, 4) is 12.3 Å². The topological polar surface area (TPSA) is 35.6 Å². The number of carbonyl (C=O) groups excluding carboxylic acids is 1. The van der Waals surface area contributed by atoms with Crippen molar-refractivity contribution in [2.45, 2.75) is 26.3 Å². The van der Waals surface area contributed by atoms with Gasteiger partial charge in [0.2, 0.25) is 0 Å². The Kier molecular flexibility index (Phi) is 5.53. The molecule has 1 unspecified atom stereocenters. The first kappa shape index (κ1) is 19.0. The molecule has 1 heterocycles. The number of aryl methyl sites for hydroxylation is 2. The van der Waals surface area contributed by atoms with E-state index in [1.54, 1.807) is 12.1 Å². The molecule has 1 saturated heterocycles. The van der Waals surface area contributed by atoms with E-state index in [1.807, 2.05) is 26.0 Å². The molecule has 2 aromatic carbocycles. The highest BCUT2D eigenvalue weighted by Crippen LogP contribution is 2.27. The Bertz CT molecular complexity index is 895. The summed E-state index contributed by atoms with van der Waals surface area (Å²) in [5.74, 6) is 2.48. The van der Waals surface area contributed by atoms with Crippen LogP contribution in [-0.4, -0.2) is 44.0 Å². The zero-order valence-corrected chi connectivity index (χ0v) is 16.5. The molecule has 2 aromatic rings. The molecule has 0 radical (unpaired) electrons. The first-order chi connectivity index (χ1) is 12.9. The van der Waals surface area contributed by atoms with Crippen LogP contribution in [0, 0.1) is 26.2 Å². The Hall–Kier alpha value is -2.77. The van der Waals surface area contributed by atoms with Gasteiger partial charge in [0.05, 0.1) is 0 Å². The molecule has 1 fully saturated rings. The maximum Gasteiger partial charge on any atom is 0.255 e. The normalized spacial score (nSPS) is 16.4. The molecular weight excluding hydrogens is 334 g/mol. The van der Waals surface area contributed by atoms with E-state index in [1.165, 1.54) is 12.1 Å². The van der Waals surface area contributed by atoms with Gasteiger partial charge in [-0.3, -0.25) is 4.79 Å². The van der Waals surface area contributed by atoms with Crippen LogP contribution >= 0.6 is 0 Å². The van der Waals surface area contributed by atoms with E-state index in [4.69, 9.17) is 6.42 Å². The fraction of sp³-hybridized carbons (Fsp3) is 0.348. The molecule has 4 heteroatoms. The Balaban J connectivity index is 1.73. The summed E-state index contributed by atoms with van der Waals surface area (Å²) in [5, 5.41) is 3.01. The van der Waals surface area contributed by atoms with E-state index in [-0.39, 0.29) is 5.91 Å². The minimum atomic E-state index is -0.142. The monoisotopic (exact) mass is 361 g/mol. The van der Waals surface area contributed by atoms with E-state index in [0.29, 0.717) is 11.6 Å². The number of anilines is 2. The molecule has 1 amide bonds. The minimum Gasteiger partial charge on any atom is -0.370 e. The molecule has 4 nitrogen and oxygen atoms in total. The van der Waals surface area contributed by atoms with E-state index < -0.39 is 0 Å². The van der Waals surface area contributed by atoms with Gasteiger partial charge in [-0.05, 0) is 75.8 Å². The van der Waals surface area contributed by atoms with Crippen LogP contribution in [-0.2, 0) is 0 Å². The summed E-state index contributed by atoms with van der Waals surface area (Å²) in [6, 6.07) is 12.3. The smallest absolute Gasteiger partial charge is 0.255 e. The minimum absolute atomic E-state index is 0.142. The van der Waals surface area contributed by atoms with Crippen LogP contribution in [0.4, 0.5) is 11.4 Å². The second-order valence-electron chi connectivity index (χ2n) is 7.48. The quantitative estimate of drug-likeness (QED) is 0.844. The molecule has 1 atom stereocenters. The van der Waals surface area contributed by atoms with Crippen molar-refractivity contribution in [2.24, 2.45) is 0 Å². The Morgan fingerprint density at radius 2 is 1.96 bits per heavy atom. The highest BCUT2D eigenvalue weighted by Gasteiger charge is 2.24. The van der Waals surface area contributed by atoms with Crippen molar-refractivity contribution in [1.29, 1.82) is 0 Å². The van der Waals surface area contributed by atoms with Crippen molar-refractivity contribution in [1.82, 2.24) is 4.90 Å². The van der Waals surface area contributed by atoms with Gasteiger partial charge < -0.3 is 15.1 Å². The summed E-state index contributed by atoms with van der Waals surface area (Å²) in [7, 11) is 4.27. The largest absolute Gasteiger partial charge is 0.370 e. The summed E-state index contributed by atoms with van der Waals surface area (Å²) >= 11 is 0. The summed E-state index contributed by atoms with van der Waals surface area (Å²) in [5.41, 5.74) is 5.41. The molecular formula is C23H27N3O. The standard InChI is InChI=1S/C23H27N3O/c1-6-18-14-19(8-7-16(18)2)23(27)24-22-10-9-20(13-17(22)3)26-12-11-21(15-26)25(4)5/h1,7-10,13-14,21H,11-12,15H2,2-5H3,(H,24,27). The zero-order valence-electron chi connectivity index (χ0n) is 16.5. The van der Waals surface area contributed by atoms with E-state index in [9.17, 15) is 4.79 Å². The maximum absolute atomic E-state index is 12.6. The first-order valence-corrected chi connectivity index (χ1v) is 9.29. The molecule has 3 rings (SSSR count). The zero-order chi connectivity index (χ0) is 19.6. The number of nitrogens with zero attached hydrogens (tertiary/aromatic N) is 2. The number of rotatable bonds is 4. The number of hydrogen-bond acceptors (Lipinski definition) is 3. The van der Waals surface area contributed by atoms with Crippen LogP contribution in [0.15, 0.2) is 36.4 Å². The second kappa shape index (κ2) is 7.85. The fourth-order valence-electron chi connectivity index (χ4n) is 3.50. The van der Waals surface area contributed by atoms with Gasteiger partial charge in [-0.15, -0.1) is 6.42 Å². The molecule has 0 aromatic heterocycles. The van der Waals surface area contributed by atoms with Crippen molar-refractivity contribution in [3.05, 3.63) is 58.7 Å². The molecule has 1 aliphatic rings. The van der Waals surface area contributed by atoms with Gasteiger partial charge >= 0.3 is 0 Å². The van der Waals surface area contributed by atoms with Gasteiger partial charge in [0, 0.05) is 41.6 Å². The van der Waals surface area contributed by atoms with Crippen molar-refractivity contribution < 1.29 is 4.79 Å². The van der Waals surface area contributed by atoms with Crippen LogP contribution < -0.4 is 10.2 Å². The predicted octanol–water partition coefficient (Wildman–Crippen LogP) is 3.68. The lowest BCUT2D eigenvalue weighted by atomic mass is 10.0. The number of benzene rings is 2. The Labute approximate surface area is 162 Å². The van der Waals surface area contributed by atoms with Crippen LogP contribution in [0.25, 0.3) is 0 Å². The molecule has 0 aliphatic carbocycles. The Morgan fingerprint density at radius 3 is 2.59 bits per heavy atom. The van der Waals surface area contributed by atoms with Gasteiger partial charge in [0.15, 0.2) is 0 Å². The second-order valence-corrected chi connectivity index (χ2v) is 7.48. The average molecular weight is 361 g/mol. The third-order valence-corrected chi connectivity index (χ3v) is 5.37. The van der Waals surface area contributed by atoms with Crippen LogP contribution in [0.5, 0.6) is 0 Å². The number of carbonyl (C=O) groups is 1. The van der Waals surface area contributed by atoms with Crippen molar-refractivity contribution in [2.75, 3.05) is 37.4 Å². The Morgan fingerprint density at radius 1 is 1.19 bits per heavy atom. The predicted molar refractivity (Wildman–Crippen MR) is 113 cm³/mol. The number of amides is 1. The third kappa shape index (κ3) is 4.15. The number of nitrogens with one attached hydrogen (secondary N) is 1. The van der Waals surface area contributed by atoms with Crippen LogP contribution in [0.3, 0.4) is 0 Å². The summed E-state index contributed by atoms with van der Waals surface area (Å²) in [6.45, 7) is 6.07. The van der Waals surface area contributed by atoms with Gasteiger partial charge in [-0.2, -0.15) is 0 Å². The average Bonchev–Trinajstić information content (AvgIpc) is 3.14. The van der Waals surface area contributed by atoms with E-state index in [0.717, 1.165) is 35.5 Å². The van der Waals surface area contributed by atoms with E-state index in [2.05, 4.69) is 47.3 Å². The molecule has 1 aliphatic heterocycles. The first-order valence-electron chi connectivity index (χ1n) is 9.29. The van der Waals surface area contributed by atoms with Crippen molar-refractivity contribution >= 4 is 17.3 Å². The summed E-state index contributed by atoms with van der Waals surface area (Å²) in [4.78, 5) is 17.3. The molecule has 1 N–H and O–H groups in total. The lowest BCUT2D eigenvalue weighted by Crippen LogP contribution is -2.31. The van der Waals surface area contributed by atoms with Crippen LogP contribution in [0.2, 0.25) is 0 Å². The number of likely N-dealkylation sites (N-methyl/N-ethyl adjacent to an activating group) is 1. The number of terminal acetylenes is 1. The number of hydrogen-bond donors (Lipinski definition) is 1. The maximum atomic E-state index is 12.6. The molecule has 0 bridgehead atoms. The van der Waals surface area contributed by atoms with Gasteiger partial charge in [0.25, 0.3) is 5.91 Å². The van der Waals surface area contributed by atoms with Gasteiger partial charge in [-0.1, -0.05) is 12.0 Å². The highest BCUT2D eigenvalue weighted by molar-refractivity contribution is 6.05. The van der Waals surface area contributed by atoms with Crippen molar-refractivity contribution in [3.63, 3.8) is 0 Å². The lowest BCUT2D eigenvalue weighted by Gasteiger charge is -2.22. The fourth-order valence-corrected chi connectivity index (χ4v) is 3.50. The third-order valence-electron chi connectivity index (χ3n) is 5.37. The van der Waals surface area contributed by atoms with Gasteiger partial charge in [0.1, 0.15) is 0 Å².